The van der Waals surface area contributed by atoms with Gasteiger partial charge in [-0.3, -0.25) is 14.7 Å². The molecule has 0 aromatic heterocycles. The third kappa shape index (κ3) is 4.45. The molecule has 0 unspecified atom stereocenters. The average Bonchev–Trinajstić information content (AvgIpc) is 2.64. The Labute approximate surface area is 161 Å². The summed E-state index contributed by atoms with van der Waals surface area (Å²) in [7, 11) is -4.54. The van der Waals surface area contributed by atoms with Gasteiger partial charge in [0.1, 0.15) is 10.6 Å². The summed E-state index contributed by atoms with van der Waals surface area (Å²) in [5.74, 6) is 0. The Hall–Kier alpha value is -3.43. The Balaban J connectivity index is 1.99. The number of rotatable bonds is 6. The first-order chi connectivity index (χ1) is 13.2. The molecule has 28 heavy (non-hydrogen) atoms. The number of para-hydroxylation sites is 1. The number of hydrogen-bond donors (Lipinski definition) is 3. The lowest BCUT2D eigenvalue weighted by Gasteiger charge is -2.13. The molecule has 3 aromatic rings. The molecule has 8 nitrogen and oxygen atoms in total. The highest BCUT2D eigenvalue weighted by atomic mass is 32.2. The molecular weight excluding hydrogens is 382 g/mol. The molecule has 0 saturated carbocycles. The summed E-state index contributed by atoms with van der Waals surface area (Å²) in [5, 5.41) is 17.0. The van der Waals surface area contributed by atoms with E-state index in [0.717, 1.165) is 5.56 Å². The Kier molecular flexibility index (Phi) is 5.30. The van der Waals surface area contributed by atoms with Crippen LogP contribution >= 0.6 is 0 Å². The minimum atomic E-state index is -4.54. The van der Waals surface area contributed by atoms with Crippen LogP contribution in [0.5, 0.6) is 0 Å². The van der Waals surface area contributed by atoms with Gasteiger partial charge in [-0.1, -0.05) is 24.3 Å². The molecule has 0 saturated heterocycles. The largest absolute Gasteiger partial charge is 0.354 e. The highest BCUT2D eigenvalue weighted by molar-refractivity contribution is 7.86. The lowest BCUT2D eigenvalue weighted by molar-refractivity contribution is -0.384. The monoisotopic (exact) mass is 399 g/mol. The van der Waals surface area contributed by atoms with Gasteiger partial charge in [0, 0.05) is 17.4 Å². The van der Waals surface area contributed by atoms with E-state index >= 15 is 0 Å². The number of anilines is 4. The van der Waals surface area contributed by atoms with Crippen molar-refractivity contribution in [1.82, 2.24) is 0 Å². The third-order valence-corrected chi connectivity index (χ3v) is 4.83. The van der Waals surface area contributed by atoms with E-state index in [4.69, 9.17) is 0 Å². The Morgan fingerprint density at radius 3 is 2.18 bits per heavy atom. The van der Waals surface area contributed by atoms with Gasteiger partial charge in [-0.2, -0.15) is 8.42 Å². The topological polar surface area (TPSA) is 122 Å². The van der Waals surface area contributed by atoms with Crippen LogP contribution in [-0.2, 0) is 10.1 Å². The Morgan fingerprint density at radius 2 is 1.54 bits per heavy atom. The standard InChI is InChI=1S/C19H17N3O5S/c1-13-7-9-16(18(11-13)22(23)24)21-15-8-10-17(19(12-15)28(25,26)27)20-14-5-3-2-4-6-14/h2-12,20-21H,1H3,(H,25,26,27). The molecule has 0 heterocycles. The second-order valence-corrected chi connectivity index (χ2v) is 7.47. The van der Waals surface area contributed by atoms with Crippen LogP contribution in [-0.4, -0.2) is 17.9 Å². The quantitative estimate of drug-likeness (QED) is 0.314. The van der Waals surface area contributed by atoms with Gasteiger partial charge < -0.3 is 10.6 Å². The molecule has 9 heteroatoms. The summed E-state index contributed by atoms with van der Waals surface area (Å²) in [5.41, 5.74) is 1.89. The van der Waals surface area contributed by atoms with E-state index in [1.54, 1.807) is 43.3 Å². The zero-order valence-corrected chi connectivity index (χ0v) is 15.6. The van der Waals surface area contributed by atoms with Gasteiger partial charge in [0.05, 0.1) is 10.6 Å². The SMILES string of the molecule is Cc1ccc(Nc2ccc(Nc3ccccc3)c(S(=O)(=O)O)c2)c([N+](=O)[O-])c1. The van der Waals surface area contributed by atoms with Crippen LogP contribution in [0.15, 0.2) is 71.6 Å². The number of nitrogens with one attached hydrogen (secondary N) is 2. The van der Waals surface area contributed by atoms with E-state index in [-0.39, 0.29) is 27.6 Å². The summed E-state index contributed by atoms with van der Waals surface area (Å²) in [6.07, 6.45) is 0. The van der Waals surface area contributed by atoms with Crippen molar-refractivity contribution in [2.24, 2.45) is 0 Å². The lowest BCUT2D eigenvalue weighted by Crippen LogP contribution is -2.05. The first-order valence-corrected chi connectivity index (χ1v) is 9.64. The van der Waals surface area contributed by atoms with Crippen molar-refractivity contribution in [3.8, 4) is 0 Å². The molecule has 144 valence electrons. The van der Waals surface area contributed by atoms with E-state index in [1.807, 2.05) is 6.07 Å². The fraction of sp³-hybridized carbons (Fsp3) is 0.0526. The Morgan fingerprint density at radius 1 is 0.893 bits per heavy atom. The maximum Gasteiger partial charge on any atom is 0.296 e. The smallest absolute Gasteiger partial charge is 0.296 e. The molecular formula is C19H17N3O5S. The normalized spacial score (nSPS) is 11.1. The molecule has 0 spiro atoms. The number of hydrogen-bond acceptors (Lipinski definition) is 6. The summed E-state index contributed by atoms with van der Waals surface area (Å²) < 4.78 is 33.3. The van der Waals surface area contributed by atoms with Gasteiger partial charge in [0.25, 0.3) is 15.8 Å². The van der Waals surface area contributed by atoms with E-state index in [9.17, 15) is 23.1 Å². The molecule has 3 rings (SSSR count). The molecule has 0 aliphatic rings. The molecule has 0 radical (unpaired) electrons. The van der Waals surface area contributed by atoms with Crippen LogP contribution in [0.3, 0.4) is 0 Å². The number of nitro benzene ring substituents is 1. The predicted octanol–water partition coefficient (Wildman–Crippen LogP) is 4.64. The van der Waals surface area contributed by atoms with Crippen molar-refractivity contribution in [3.05, 3.63) is 82.4 Å². The maximum absolute atomic E-state index is 11.8. The highest BCUT2D eigenvalue weighted by Crippen LogP contribution is 2.32. The second-order valence-electron chi connectivity index (χ2n) is 6.08. The van der Waals surface area contributed by atoms with Crippen molar-refractivity contribution in [2.75, 3.05) is 10.6 Å². The fourth-order valence-corrected chi connectivity index (χ4v) is 3.32. The molecule has 0 fully saturated rings. The van der Waals surface area contributed by atoms with Gasteiger partial charge in [-0.05, 0) is 48.9 Å². The van der Waals surface area contributed by atoms with Crippen LogP contribution < -0.4 is 10.6 Å². The number of nitro groups is 1. The third-order valence-electron chi connectivity index (χ3n) is 3.94. The van der Waals surface area contributed by atoms with Crippen LogP contribution in [0.2, 0.25) is 0 Å². The van der Waals surface area contributed by atoms with Crippen molar-refractivity contribution in [2.45, 2.75) is 11.8 Å². The fourth-order valence-electron chi connectivity index (χ4n) is 2.65. The minimum Gasteiger partial charge on any atom is -0.354 e. The molecule has 3 aromatic carbocycles. The number of nitrogens with zero attached hydrogens (tertiary/aromatic N) is 1. The minimum absolute atomic E-state index is 0.139. The van der Waals surface area contributed by atoms with Crippen molar-refractivity contribution in [1.29, 1.82) is 0 Å². The van der Waals surface area contributed by atoms with Gasteiger partial charge in [0.15, 0.2) is 0 Å². The first-order valence-electron chi connectivity index (χ1n) is 8.20. The molecule has 0 aliphatic heterocycles. The van der Waals surface area contributed by atoms with Crippen LogP contribution in [0.4, 0.5) is 28.4 Å². The van der Waals surface area contributed by atoms with E-state index < -0.39 is 15.0 Å². The zero-order valence-electron chi connectivity index (χ0n) is 14.8. The highest BCUT2D eigenvalue weighted by Gasteiger charge is 2.19. The maximum atomic E-state index is 11.8. The zero-order chi connectivity index (χ0) is 20.3. The van der Waals surface area contributed by atoms with Crippen LogP contribution in [0, 0.1) is 17.0 Å². The molecule has 0 amide bonds. The summed E-state index contributed by atoms with van der Waals surface area (Å²) >= 11 is 0. The molecule has 0 bridgehead atoms. The predicted molar refractivity (Wildman–Crippen MR) is 107 cm³/mol. The van der Waals surface area contributed by atoms with Crippen molar-refractivity contribution < 1.29 is 17.9 Å². The average molecular weight is 399 g/mol. The van der Waals surface area contributed by atoms with Gasteiger partial charge >= 0.3 is 0 Å². The molecule has 0 aliphatic carbocycles. The van der Waals surface area contributed by atoms with Crippen LogP contribution in [0.1, 0.15) is 5.56 Å². The van der Waals surface area contributed by atoms with E-state index in [1.165, 1.54) is 24.3 Å². The van der Waals surface area contributed by atoms with Gasteiger partial charge in [-0.25, -0.2) is 0 Å². The van der Waals surface area contributed by atoms with Crippen LogP contribution in [0.25, 0.3) is 0 Å². The van der Waals surface area contributed by atoms with E-state index in [2.05, 4.69) is 10.6 Å². The van der Waals surface area contributed by atoms with Gasteiger partial charge in [0.2, 0.25) is 0 Å². The number of aryl methyl sites for hydroxylation is 1. The number of benzene rings is 3. The summed E-state index contributed by atoms with van der Waals surface area (Å²) in [6.45, 7) is 1.73. The van der Waals surface area contributed by atoms with Crippen molar-refractivity contribution >= 4 is 38.6 Å². The molecule has 0 atom stereocenters. The first kappa shape index (κ1) is 19.3. The van der Waals surface area contributed by atoms with Crippen molar-refractivity contribution in [3.63, 3.8) is 0 Å². The summed E-state index contributed by atoms with van der Waals surface area (Å²) in [6, 6.07) is 17.8. The lowest BCUT2D eigenvalue weighted by atomic mass is 10.2. The Bertz CT molecular complexity index is 1130. The van der Waals surface area contributed by atoms with Gasteiger partial charge in [-0.15, -0.1) is 0 Å². The van der Waals surface area contributed by atoms with E-state index in [0.29, 0.717) is 5.69 Å². The second kappa shape index (κ2) is 7.67. The molecule has 3 N–H and O–H groups in total. The summed E-state index contributed by atoms with van der Waals surface area (Å²) in [4.78, 5) is 10.4.